The third-order valence-electron chi connectivity index (χ3n) is 1.46. The van der Waals surface area contributed by atoms with Crippen molar-refractivity contribution in [1.29, 1.82) is 0 Å². The Morgan fingerprint density at radius 1 is 1.14 bits per heavy atom. The summed E-state index contributed by atoms with van der Waals surface area (Å²) in [7, 11) is 0. The Labute approximate surface area is 111 Å². The Kier molecular flexibility index (Phi) is 7.92. The van der Waals surface area contributed by atoms with Crippen LogP contribution in [-0.4, -0.2) is 4.98 Å². The summed E-state index contributed by atoms with van der Waals surface area (Å²) in [6, 6.07) is 11.8. The van der Waals surface area contributed by atoms with Crippen molar-refractivity contribution in [1.82, 2.24) is 4.98 Å². The van der Waals surface area contributed by atoms with Crippen LogP contribution in [0.25, 0.3) is 10.9 Å². The molecule has 1 nitrogen and oxygen atoms in total. The molecule has 0 N–H and O–H groups in total. The maximum absolute atomic E-state index is 4.06. The molecule has 2 heteroatoms. The Morgan fingerprint density at radius 2 is 1.79 bits per heavy atom. The summed E-state index contributed by atoms with van der Waals surface area (Å²) in [5.74, 6) is 0. The van der Waals surface area contributed by atoms with Gasteiger partial charge in [0.15, 0.2) is 0 Å². The van der Waals surface area contributed by atoms with Gasteiger partial charge in [0.25, 0.3) is 0 Å². The van der Waals surface area contributed by atoms with E-state index >= 15 is 0 Å². The first-order valence-electron chi connectivity index (χ1n) is 4.34. The van der Waals surface area contributed by atoms with E-state index in [1.165, 1.54) is 5.39 Å². The molecule has 1 radical (unpaired) electrons. The van der Waals surface area contributed by atoms with E-state index in [4.69, 9.17) is 0 Å². The van der Waals surface area contributed by atoms with E-state index in [1.54, 1.807) is 0 Å². The minimum Gasteiger partial charge on any atom is -0.386 e. The standard InChI is InChI=1S/C9H6N.C3H7.Y/c1-2-6-9-8(4-1)5-3-7-10-9;1-3-2;/h1-6H;3H,1-2H3;/q2*-1;. The molecule has 0 amide bonds. The maximum Gasteiger partial charge on any atom is 0 e. The van der Waals surface area contributed by atoms with Crippen LogP contribution in [-0.2, 0) is 32.7 Å². The second-order valence-electron chi connectivity index (χ2n) is 2.71. The fraction of sp³-hybridized carbons (Fsp3) is 0.167. The average molecular weight is 260 g/mol. The summed E-state index contributed by atoms with van der Waals surface area (Å²) in [5.41, 5.74) is 1.00. The van der Waals surface area contributed by atoms with Crippen LogP contribution in [0.15, 0.2) is 36.4 Å². The van der Waals surface area contributed by atoms with Crippen molar-refractivity contribution in [2.75, 3.05) is 0 Å². The van der Waals surface area contributed by atoms with Gasteiger partial charge in [-0.25, -0.2) is 0 Å². The van der Waals surface area contributed by atoms with Gasteiger partial charge < -0.3 is 11.4 Å². The average Bonchev–Trinajstić information content (AvgIpc) is 2.19. The molecule has 0 saturated carbocycles. The molecule has 2 aromatic rings. The van der Waals surface area contributed by atoms with Crippen LogP contribution >= 0.6 is 0 Å². The first kappa shape index (κ1) is 13.7. The van der Waals surface area contributed by atoms with Crippen molar-refractivity contribution in [2.45, 2.75) is 13.8 Å². The van der Waals surface area contributed by atoms with Crippen LogP contribution < -0.4 is 0 Å². The number of nitrogens with zero attached hydrogens (tertiary/aromatic N) is 1. The third kappa shape index (κ3) is 4.30. The number of para-hydroxylation sites is 1. The normalized spacial score (nSPS) is 8.43. The van der Waals surface area contributed by atoms with E-state index in [-0.39, 0.29) is 32.7 Å². The molecule has 0 aliphatic heterocycles. The second kappa shape index (κ2) is 8.08. The van der Waals surface area contributed by atoms with Gasteiger partial charge in [-0.1, -0.05) is 30.5 Å². The minimum absolute atomic E-state index is 0. The molecule has 0 bridgehead atoms. The predicted octanol–water partition coefficient (Wildman–Crippen LogP) is 3.26. The predicted molar refractivity (Wildman–Crippen MR) is 56.2 cm³/mol. The van der Waals surface area contributed by atoms with Crippen LogP contribution in [0.3, 0.4) is 0 Å². The van der Waals surface area contributed by atoms with Gasteiger partial charge in [0.1, 0.15) is 0 Å². The van der Waals surface area contributed by atoms with Crippen LogP contribution in [0.2, 0.25) is 0 Å². The van der Waals surface area contributed by atoms with E-state index < -0.39 is 0 Å². The van der Waals surface area contributed by atoms with E-state index in [1.807, 2.05) is 56.7 Å². The van der Waals surface area contributed by atoms with Gasteiger partial charge in [0.05, 0.1) is 0 Å². The summed E-state index contributed by atoms with van der Waals surface area (Å²) in [6.45, 7) is 4.00. The molecule has 1 heterocycles. The molecule has 0 spiro atoms. The van der Waals surface area contributed by atoms with E-state index in [9.17, 15) is 0 Å². The molecule has 71 valence electrons. The topological polar surface area (TPSA) is 12.9 Å². The molecule has 2 rings (SSSR count). The molecule has 0 fully saturated rings. The maximum atomic E-state index is 4.06. The number of aromatic nitrogens is 1. The summed E-state index contributed by atoms with van der Waals surface area (Å²) in [6.07, 6.45) is 4.79. The Hall–Kier alpha value is -0.266. The van der Waals surface area contributed by atoms with Gasteiger partial charge in [-0.15, -0.1) is 5.39 Å². The first-order chi connectivity index (χ1) is 6.38. The third-order valence-corrected chi connectivity index (χ3v) is 1.46. The number of fused-ring (bicyclic) bond motifs is 1. The van der Waals surface area contributed by atoms with Gasteiger partial charge in [-0.05, 0) is 5.52 Å². The number of rotatable bonds is 0. The van der Waals surface area contributed by atoms with E-state index in [2.05, 4.69) is 11.2 Å². The SMILES string of the molecule is C[CH-]C.[Y].[c-]1ccc2ccccc2n1. The molecule has 0 unspecified atom stereocenters. The van der Waals surface area contributed by atoms with Crippen molar-refractivity contribution in [3.63, 3.8) is 0 Å². The number of pyridine rings is 1. The Balaban J connectivity index is 0.000000381. The van der Waals surface area contributed by atoms with Crippen LogP contribution in [0.4, 0.5) is 0 Å². The number of hydrogen-bond acceptors (Lipinski definition) is 1. The van der Waals surface area contributed by atoms with Gasteiger partial charge in [0, 0.05) is 32.7 Å². The van der Waals surface area contributed by atoms with Crippen LogP contribution in [0.1, 0.15) is 13.8 Å². The van der Waals surface area contributed by atoms with Crippen molar-refractivity contribution in [2.24, 2.45) is 0 Å². The minimum atomic E-state index is 0. The van der Waals surface area contributed by atoms with Gasteiger partial charge in [0.2, 0.25) is 0 Å². The summed E-state index contributed by atoms with van der Waals surface area (Å²) in [5, 5.41) is 1.17. The summed E-state index contributed by atoms with van der Waals surface area (Å²) < 4.78 is 0. The zero-order valence-corrected chi connectivity index (χ0v) is 11.4. The Bertz CT molecular complexity index is 295. The Morgan fingerprint density at radius 3 is 2.43 bits per heavy atom. The monoisotopic (exact) mass is 260 g/mol. The molecule has 0 aliphatic rings. The van der Waals surface area contributed by atoms with E-state index in [0.29, 0.717) is 0 Å². The van der Waals surface area contributed by atoms with Crippen molar-refractivity contribution in [3.8, 4) is 0 Å². The zero-order chi connectivity index (χ0) is 9.52. The van der Waals surface area contributed by atoms with Crippen LogP contribution in [0, 0.1) is 12.6 Å². The molecule has 1 aromatic carbocycles. The number of hydrogen-bond donors (Lipinski definition) is 0. The smallest absolute Gasteiger partial charge is 0 e. The van der Waals surface area contributed by atoms with Crippen molar-refractivity contribution < 1.29 is 32.7 Å². The summed E-state index contributed by atoms with van der Waals surface area (Å²) >= 11 is 0. The van der Waals surface area contributed by atoms with Gasteiger partial charge in [-0.2, -0.15) is 26.0 Å². The first-order valence-corrected chi connectivity index (χ1v) is 4.34. The molecular weight excluding hydrogens is 247 g/mol. The molecule has 0 atom stereocenters. The second-order valence-corrected chi connectivity index (χ2v) is 2.71. The molecule has 1 aromatic heterocycles. The molecule has 0 saturated heterocycles. The summed E-state index contributed by atoms with van der Waals surface area (Å²) in [4.78, 5) is 4.06. The fourth-order valence-corrected chi connectivity index (χ4v) is 0.964. The quantitative estimate of drug-likeness (QED) is 0.662. The van der Waals surface area contributed by atoms with Crippen molar-refractivity contribution >= 4 is 10.9 Å². The molecule has 14 heavy (non-hydrogen) atoms. The zero-order valence-electron chi connectivity index (χ0n) is 8.57. The molecule has 0 aliphatic carbocycles. The fourth-order valence-electron chi connectivity index (χ4n) is 0.964. The largest absolute Gasteiger partial charge is 0.386 e. The van der Waals surface area contributed by atoms with Crippen LogP contribution in [0.5, 0.6) is 0 Å². The van der Waals surface area contributed by atoms with Gasteiger partial charge in [-0.3, -0.25) is 0 Å². The van der Waals surface area contributed by atoms with Gasteiger partial charge >= 0.3 is 0 Å². The number of benzene rings is 1. The molecular formula is C12H13NY-2. The van der Waals surface area contributed by atoms with E-state index in [0.717, 1.165) is 5.52 Å². The van der Waals surface area contributed by atoms with Crippen molar-refractivity contribution in [3.05, 3.63) is 49.0 Å².